The highest BCUT2D eigenvalue weighted by atomic mass is 19.4. The molecule has 1 fully saturated rings. The van der Waals surface area contributed by atoms with Crippen molar-refractivity contribution in [2.24, 2.45) is 0 Å². The summed E-state index contributed by atoms with van der Waals surface area (Å²) in [4.78, 5) is 0. The van der Waals surface area contributed by atoms with E-state index in [-0.39, 0.29) is 42.5 Å². The quantitative estimate of drug-likeness (QED) is 0.334. The standard InChI is InChI=1S/C21H9F15O2/c22-15(23,24)9-14-16(20(31,32)33,10-3-1-5-12(7-10)18(25,26)27)38-17(37-14,21(34,35)36)11-4-2-6-13(8-11)19(28,29)30/h1-9H/b14-9-. The summed E-state index contributed by atoms with van der Waals surface area (Å²) in [5, 5.41) is 0. The van der Waals surface area contributed by atoms with E-state index in [0.717, 1.165) is 0 Å². The van der Waals surface area contributed by atoms with E-state index in [4.69, 9.17) is 0 Å². The van der Waals surface area contributed by atoms with E-state index in [1.807, 2.05) is 0 Å². The van der Waals surface area contributed by atoms with Crippen molar-refractivity contribution in [3.05, 3.63) is 82.6 Å². The maximum atomic E-state index is 14.4. The van der Waals surface area contributed by atoms with Crippen LogP contribution in [0.3, 0.4) is 0 Å². The normalized spacial score (nSPS) is 24.6. The Kier molecular flexibility index (Phi) is 6.75. The fourth-order valence-corrected chi connectivity index (χ4v) is 3.57. The fourth-order valence-electron chi connectivity index (χ4n) is 3.57. The molecular formula is C21H9F15O2. The molecule has 1 heterocycles. The summed E-state index contributed by atoms with van der Waals surface area (Å²) < 4.78 is 213. The lowest BCUT2D eigenvalue weighted by atomic mass is 9.89. The van der Waals surface area contributed by atoms with Crippen LogP contribution in [-0.2, 0) is 33.2 Å². The first-order valence-electron chi connectivity index (χ1n) is 9.62. The molecule has 1 saturated heterocycles. The maximum absolute atomic E-state index is 14.4. The van der Waals surface area contributed by atoms with E-state index < -0.39 is 82.4 Å². The number of rotatable bonds is 2. The van der Waals surface area contributed by atoms with E-state index in [2.05, 4.69) is 9.47 Å². The van der Waals surface area contributed by atoms with E-state index >= 15 is 0 Å². The van der Waals surface area contributed by atoms with Crippen LogP contribution < -0.4 is 0 Å². The topological polar surface area (TPSA) is 18.5 Å². The van der Waals surface area contributed by atoms with E-state index in [9.17, 15) is 65.9 Å². The van der Waals surface area contributed by atoms with Gasteiger partial charge in [-0.1, -0.05) is 24.3 Å². The molecule has 0 amide bonds. The van der Waals surface area contributed by atoms with Gasteiger partial charge in [-0.05, 0) is 24.3 Å². The summed E-state index contributed by atoms with van der Waals surface area (Å²) >= 11 is 0. The molecule has 0 N–H and O–H groups in total. The molecule has 0 spiro atoms. The monoisotopic (exact) mass is 578 g/mol. The summed E-state index contributed by atoms with van der Waals surface area (Å²) in [6, 6.07) is 0.318. The molecule has 2 nitrogen and oxygen atoms in total. The molecular weight excluding hydrogens is 569 g/mol. The summed E-state index contributed by atoms with van der Waals surface area (Å²) in [5.41, 5.74) is -12.6. The van der Waals surface area contributed by atoms with Gasteiger partial charge in [0.1, 0.15) is 0 Å². The van der Waals surface area contributed by atoms with Gasteiger partial charge >= 0.3 is 36.7 Å². The highest BCUT2D eigenvalue weighted by Crippen LogP contribution is 2.63. The smallest absolute Gasteiger partial charge is 0.450 e. The van der Waals surface area contributed by atoms with Gasteiger partial charge in [0.25, 0.3) is 0 Å². The van der Waals surface area contributed by atoms with Crippen LogP contribution >= 0.6 is 0 Å². The van der Waals surface area contributed by atoms with Gasteiger partial charge in [-0.25, -0.2) is 0 Å². The van der Waals surface area contributed by atoms with Gasteiger partial charge in [-0.15, -0.1) is 0 Å². The first-order valence-corrected chi connectivity index (χ1v) is 9.62. The summed E-state index contributed by atoms with van der Waals surface area (Å²) in [6.07, 6.45) is -30.8. The first-order chi connectivity index (χ1) is 16.9. The lowest BCUT2D eigenvalue weighted by molar-refractivity contribution is -0.386. The highest BCUT2D eigenvalue weighted by molar-refractivity contribution is 5.42. The molecule has 17 heteroatoms. The molecule has 2 aromatic carbocycles. The minimum absolute atomic E-state index is 0.0922. The second-order valence-corrected chi connectivity index (χ2v) is 7.70. The van der Waals surface area contributed by atoms with Crippen molar-refractivity contribution < 1.29 is 75.3 Å². The van der Waals surface area contributed by atoms with Crippen molar-refractivity contribution in [1.29, 1.82) is 0 Å². The number of halogens is 15. The van der Waals surface area contributed by atoms with Crippen molar-refractivity contribution >= 4 is 0 Å². The number of benzene rings is 2. The molecule has 0 radical (unpaired) electrons. The predicted molar refractivity (Wildman–Crippen MR) is 94.7 cm³/mol. The van der Waals surface area contributed by atoms with Crippen LogP contribution in [0, 0.1) is 0 Å². The third kappa shape index (κ3) is 5.11. The summed E-state index contributed by atoms with van der Waals surface area (Å²) in [6.45, 7) is 0. The molecule has 2 unspecified atom stereocenters. The van der Waals surface area contributed by atoms with Gasteiger partial charge < -0.3 is 9.47 Å². The van der Waals surface area contributed by atoms with Gasteiger partial charge in [0.05, 0.1) is 17.2 Å². The van der Waals surface area contributed by atoms with E-state index in [1.54, 1.807) is 0 Å². The Morgan fingerprint density at radius 3 is 1.42 bits per heavy atom. The number of alkyl halides is 15. The summed E-state index contributed by atoms with van der Waals surface area (Å²) in [5.74, 6) is -7.69. The lowest BCUT2D eigenvalue weighted by Gasteiger charge is -2.34. The van der Waals surface area contributed by atoms with Crippen molar-refractivity contribution in [3.63, 3.8) is 0 Å². The first kappa shape index (κ1) is 29.4. The Hall–Kier alpha value is -3.11. The van der Waals surface area contributed by atoms with Crippen molar-refractivity contribution in [3.8, 4) is 0 Å². The molecule has 38 heavy (non-hydrogen) atoms. The lowest BCUT2D eigenvalue weighted by Crippen LogP contribution is -2.49. The van der Waals surface area contributed by atoms with Crippen LogP contribution in [0.5, 0.6) is 0 Å². The Labute approximate surface area is 201 Å². The van der Waals surface area contributed by atoms with Gasteiger partial charge in [0.2, 0.25) is 5.60 Å². The number of hydrogen-bond donors (Lipinski definition) is 0. The minimum Gasteiger partial charge on any atom is -0.450 e. The molecule has 0 aromatic heterocycles. The average molecular weight is 578 g/mol. The number of allylic oxidation sites excluding steroid dienone is 1. The maximum Gasteiger partial charge on any atom is 0.460 e. The van der Waals surface area contributed by atoms with Gasteiger partial charge in [-0.3, -0.25) is 0 Å². The molecule has 2 atom stereocenters. The third-order valence-corrected chi connectivity index (χ3v) is 5.13. The zero-order valence-electron chi connectivity index (χ0n) is 17.7. The van der Waals surface area contributed by atoms with E-state index in [1.165, 1.54) is 0 Å². The van der Waals surface area contributed by atoms with Crippen LogP contribution in [0.2, 0.25) is 0 Å². The largest absolute Gasteiger partial charge is 0.460 e. The molecule has 0 aliphatic carbocycles. The SMILES string of the molecule is FC(F)(F)/C=C1\OC(c2cccc(C(F)(F)F)c2)(C(F)(F)F)OC1(c1cccc(C(F)(F)F)c1)C(F)(F)F. The second-order valence-electron chi connectivity index (χ2n) is 7.70. The Morgan fingerprint density at radius 2 is 1.03 bits per heavy atom. The number of hydrogen-bond acceptors (Lipinski definition) is 2. The average Bonchev–Trinajstić information content (AvgIpc) is 3.08. The van der Waals surface area contributed by atoms with Crippen LogP contribution in [0.1, 0.15) is 22.3 Å². The molecule has 0 bridgehead atoms. The zero-order chi connectivity index (χ0) is 29.2. The van der Waals surface area contributed by atoms with Crippen LogP contribution in [0.4, 0.5) is 65.9 Å². The molecule has 1 aliphatic rings. The van der Waals surface area contributed by atoms with Gasteiger partial charge in [-0.2, -0.15) is 65.9 Å². The predicted octanol–water partition coefficient (Wildman–Crippen LogP) is 8.39. The Balaban J connectivity index is 2.46. The molecule has 1 aliphatic heterocycles. The minimum atomic E-state index is -6.39. The third-order valence-electron chi connectivity index (χ3n) is 5.13. The van der Waals surface area contributed by atoms with E-state index in [0.29, 0.717) is 0 Å². The zero-order valence-corrected chi connectivity index (χ0v) is 17.7. The van der Waals surface area contributed by atoms with Crippen LogP contribution in [0.25, 0.3) is 0 Å². The van der Waals surface area contributed by atoms with Gasteiger partial charge in [0, 0.05) is 11.1 Å². The highest BCUT2D eigenvalue weighted by Gasteiger charge is 2.77. The van der Waals surface area contributed by atoms with Crippen molar-refractivity contribution in [2.45, 2.75) is 42.3 Å². The molecule has 210 valence electrons. The van der Waals surface area contributed by atoms with Gasteiger partial charge in [0.15, 0.2) is 5.76 Å². The Bertz CT molecular complexity index is 1220. The molecule has 3 rings (SSSR count). The number of ether oxygens (including phenoxy) is 2. The Morgan fingerprint density at radius 1 is 0.579 bits per heavy atom. The van der Waals surface area contributed by atoms with Crippen molar-refractivity contribution in [2.75, 3.05) is 0 Å². The van der Waals surface area contributed by atoms with Crippen LogP contribution in [0.15, 0.2) is 60.4 Å². The van der Waals surface area contributed by atoms with Crippen molar-refractivity contribution in [1.82, 2.24) is 0 Å². The van der Waals surface area contributed by atoms with Crippen LogP contribution in [-0.4, -0.2) is 18.5 Å². The second kappa shape index (κ2) is 8.71. The fraction of sp³-hybridized carbons (Fsp3) is 0.333. The molecule has 0 saturated carbocycles. The summed E-state index contributed by atoms with van der Waals surface area (Å²) in [7, 11) is 0. The molecule has 2 aromatic rings.